The van der Waals surface area contributed by atoms with Gasteiger partial charge in [-0.25, -0.2) is 4.79 Å². The Hall–Kier alpha value is -2.42. The van der Waals surface area contributed by atoms with Gasteiger partial charge in [0.25, 0.3) is 5.91 Å². The van der Waals surface area contributed by atoms with Gasteiger partial charge >= 0.3 is 5.97 Å². The second-order valence-corrected chi connectivity index (χ2v) is 6.57. The second-order valence-electron chi connectivity index (χ2n) is 5.65. The molecule has 8 nitrogen and oxygen atoms in total. The molecule has 2 unspecified atom stereocenters. The number of amides is 3. The Morgan fingerprint density at radius 1 is 1.25 bits per heavy atom. The van der Waals surface area contributed by atoms with Crippen LogP contribution < -0.4 is 5.32 Å². The van der Waals surface area contributed by atoms with Crippen LogP contribution in [-0.4, -0.2) is 63.4 Å². The SMILES string of the molecule is CC(=O)N1CC2[C@@H](NC(=O)c3ccc(Br)cc3)C(=O)N2C1C(=O)O. The van der Waals surface area contributed by atoms with Crippen molar-refractivity contribution in [1.82, 2.24) is 15.1 Å². The van der Waals surface area contributed by atoms with Crippen molar-refractivity contribution in [3.8, 4) is 0 Å². The van der Waals surface area contributed by atoms with Crippen LogP contribution in [0.15, 0.2) is 28.7 Å². The number of carbonyl (C=O) groups is 4. The number of carboxylic acids is 1. The Balaban J connectivity index is 1.75. The number of β-lactam (4-membered cyclic amide) rings is 1. The minimum atomic E-state index is -1.30. The summed E-state index contributed by atoms with van der Waals surface area (Å²) in [6.07, 6.45) is -1.30. The molecule has 2 saturated heterocycles. The first-order valence-corrected chi connectivity index (χ1v) is 7.99. The maximum atomic E-state index is 12.2. The summed E-state index contributed by atoms with van der Waals surface area (Å²) in [5, 5.41) is 11.9. The molecule has 2 heterocycles. The van der Waals surface area contributed by atoms with Crippen LogP contribution in [0.25, 0.3) is 0 Å². The summed E-state index contributed by atoms with van der Waals surface area (Å²) in [7, 11) is 0. The van der Waals surface area contributed by atoms with E-state index in [4.69, 9.17) is 0 Å². The van der Waals surface area contributed by atoms with Gasteiger partial charge in [-0.1, -0.05) is 15.9 Å². The van der Waals surface area contributed by atoms with Crippen molar-refractivity contribution >= 4 is 39.6 Å². The van der Waals surface area contributed by atoms with E-state index < -0.39 is 41.9 Å². The van der Waals surface area contributed by atoms with Crippen molar-refractivity contribution in [2.75, 3.05) is 6.54 Å². The van der Waals surface area contributed by atoms with Gasteiger partial charge in [0.1, 0.15) is 6.04 Å². The molecule has 3 atom stereocenters. The van der Waals surface area contributed by atoms with Crippen LogP contribution in [0.1, 0.15) is 17.3 Å². The zero-order valence-corrected chi connectivity index (χ0v) is 14.2. The summed E-state index contributed by atoms with van der Waals surface area (Å²) in [4.78, 5) is 49.7. The molecule has 9 heteroatoms. The van der Waals surface area contributed by atoms with E-state index in [0.29, 0.717) is 5.56 Å². The van der Waals surface area contributed by atoms with Crippen molar-refractivity contribution in [3.05, 3.63) is 34.3 Å². The van der Waals surface area contributed by atoms with Gasteiger partial charge in [0.15, 0.2) is 0 Å². The summed E-state index contributed by atoms with van der Waals surface area (Å²) >= 11 is 3.27. The Kier molecular flexibility index (Phi) is 4.04. The number of aliphatic carboxylic acids is 1. The largest absolute Gasteiger partial charge is 0.478 e. The lowest BCUT2D eigenvalue weighted by atomic mass is 9.96. The van der Waals surface area contributed by atoms with Crippen molar-refractivity contribution in [2.45, 2.75) is 25.2 Å². The highest BCUT2D eigenvalue weighted by Gasteiger charge is 2.60. The van der Waals surface area contributed by atoms with E-state index in [1.54, 1.807) is 24.3 Å². The van der Waals surface area contributed by atoms with Gasteiger partial charge in [0.05, 0.1) is 6.04 Å². The molecule has 3 amide bonds. The van der Waals surface area contributed by atoms with Gasteiger partial charge in [-0.05, 0) is 24.3 Å². The molecule has 0 aromatic heterocycles. The topological polar surface area (TPSA) is 107 Å². The first kappa shape index (κ1) is 16.4. The Morgan fingerprint density at radius 3 is 2.42 bits per heavy atom. The molecule has 1 aromatic rings. The fraction of sp³-hybridized carbons (Fsp3) is 0.333. The molecule has 24 heavy (non-hydrogen) atoms. The Labute approximate surface area is 145 Å². The van der Waals surface area contributed by atoms with Gasteiger partial charge in [-0.3, -0.25) is 14.4 Å². The lowest BCUT2D eigenvalue weighted by Crippen LogP contribution is -2.71. The number of nitrogens with zero attached hydrogens (tertiary/aromatic N) is 2. The van der Waals surface area contributed by atoms with Crippen molar-refractivity contribution < 1.29 is 24.3 Å². The smallest absolute Gasteiger partial charge is 0.347 e. The highest BCUT2D eigenvalue weighted by atomic mass is 79.9. The first-order valence-electron chi connectivity index (χ1n) is 7.20. The molecule has 1 aromatic carbocycles. The molecule has 2 N–H and O–H groups in total. The fourth-order valence-electron chi connectivity index (χ4n) is 3.05. The molecular formula is C15H14BrN3O5. The van der Waals surface area contributed by atoms with E-state index in [0.717, 1.165) is 14.3 Å². The number of halogens is 1. The maximum Gasteiger partial charge on any atom is 0.347 e. The van der Waals surface area contributed by atoms with Crippen LogP contribution in [0, 0.1) is 0 Å². The summed E-state index contributed by atoms with van der Waals surface area (Å²) in [6, 6.07) is 5.27. The third-order valence-corrected chi connectivity index (χ3v) is 4.75. The lowest BCUT2D eigenvalue weighted by Gasteiger charge is -2.43. The number of carboxylic acid groups (broad SMARTS) is 1. The third-order valence-electron chi connectivity index (χ3n) is 4.22. The number of rotatable bonds is 3. The number of hydrogen-bond acceptors (Lipinski definition) is 4. The van der Waals surface area contributed by atoms with Gasteiger partial charge < -0.3 is 20.2 Å². The Bertz CT molecular complexity index is 735. The van der Waals surface area contributed by atoms with E-state index in [2.05, 4.69) is 21.2 Å². The summed E-state index contributed by atoms with van der Waals surface area (Å²) in [5.41, 5.74) is 0.389. The predicted octanol–water partition coefficient (Wildman–Crippen LogP) is 0.0311. The molecule has 126 valence electrons. The zero-order valence-electron chi connectivity index (χ0n) is 12.6. The summed E-state index contributed by atoms with van der Waals surface area (Å²) in [6.45, 7) is 1.34. The second kappa shape index (κ2) is 5.90. The Morgan fingerprint density at radius 2 is 1.88 bits per heavy atom. The van der Waals surface area contributed by atoms with E-state index in [-0.39, 0.29) is 6.54 Å². The van der Waals surface area contributed by atoms with Crippen LogP contribution in [0.4, 0.5) is 0 Å². The van der Waals surface area contributed by atoms with Crippen LogP contribution in [0.5, 0.6) is 0 Å². The molecule has 0 bridgehead atoms. The van der Waals surface area contributed by atoms with Crippen molar-refractivity contribution in [3.63, 3.8) is 0 Å². The van der Waals surface area contributed by atoms with E-state index in [9.17, 15) is 24.3 Å². The van der Waals surface area contributed by atoms with Gasteiger partial charge in [0, 0.05) is 23.5 Å². The molecule has 2 fully saturated rings. The minimum Gasteiger partial charge on any atom is -0.478 e. The molecule has 0 saturated carbocycles. The average Bonchev–Trinajstić information content (AvgIpc) is 2.89. The molecule has 2 aliphatic heterocycles. The summed E-state index contributed by atoms with van der Waals surface area (Å²) in [5.74, 6) is -2.61. The van der Waals surface area contributed by atoms with E-state index >= 15 is 0 Å². The fourth-order valence-corrected chi connectivity index (χ4v) is 3.32. The standard InChI is InChI=1S/C15H14BrN3O5/c1-7(20)18-6-10-11(14(22)19(10)13(18)15(23)24)17-12(21)8-2-4-9(16)5-3-8/h2-5,10-11,13H,6H2,1H3,(H,17,21)(H,23,24)/t10?,11-,13?/m1/s1. The van der Waals surface area contributed by atoms with Gasteiger partial charge in [0.2, 0.25) is 18.0 Å². The van der Waals surface area contributed by atoms with Crippen LogP contribution in [0.2, 0.25) is 0 Å². The number of nitrogens with one attached hydrogen (secondary N) is 1. The average molecular weight is 396 g/mol. The first-order chi connectivity index (χ1) is 11.3. The number of benzene rings is 1. The highest BCUT2D eigenvalue weighted by molar-refractivity contribution is 9.10. The lowest BCUT2D eigenvalue weighted by molar-refractivity contribution is -0.164. The maximum absolute atomic E-state index is 12.2. The molecule has 0 aliphatic carbocycles. The van der Waals surface area contributed by atoms with Gasteiger partial charge in [-0.15, -0.1) is 0 Å². The van der Waals surface area contributed by atoms with Crippen LogP contribution in [-0.2, 0) is 14.4 Å². The zero-order chi connectivity index (χ0) is 17.6. The number of fused-ring (bicyclic) bond motifs is 1. The summed E-state index contributed by atoms with van der Waals surface area (Å²) < 4.78 is 0.821. The van der Waals surface area contributed by atoms with Crippen LogP contribution in [0.3, 0.4) is 0 Å². The molecule has 0 spiro atoms. The van der Waals surface area contributed by atoms with E-state index in [1.165, 1.54) is 6.92 Å². The highest BCUT2D eigenvalue weighted by Crippen LogP contribution is 2.32. The van der Waals surface area contributed by atoms with Gasteiger partial charge in [-0.2, -0.15) is 0 Å². The van der Waals surface area contributed by atoms with Crippen LogP contribution >= 0.6 is 15.9 Å². The number of carbonyl (C=O) groups excluding carboxylic acids is 3. The quantitative estimate of drug-likeness (QED) is 0.702. The predicted molar refractivity (Wildman–Crippen MR) is 84.8 cm³/mol. The molecule has 3 rings (SSSR count). The van der Waals surface area contributed by atoms with E-state index in [1.807, 2.05) is 0 Å². The number of hydrogen-bond donors (Lipinski definition) is 2. The molecule has 2 aliphatic rings. The molecule has 0 radical (unpaired) electrons. The minimum absolute atomic E-state index is 0.0866. The van der Waals surface area contributed by atoms with Crippen molar-refractivity contribution in [1.29, 1.82) is 0 Å². The van der Waals surface area contributed by atoms with Crippen molar-refractivity contribution in [2.24, 2.45) is 0 Å². The third kappa shape index (κ3) is 2.54. The molecular weight excluding hydrogens is 382 g/mol. The monoisotopic (exact) mass is 395 g/mol. The normalized spacial score (nSPS) is 25.1.